The minimum absolute atomic E-state index is 0.103. The second kappa shape index (κ2) is 15.6. The molecule has 1 N–H and O–H groups in total. The molecular weight excluding hydrogens is 360 g/mol. The zero-order valence-electron chi connectivity index (χ0n) is 17.0. The topological polar surface area (TPSA) is 78.4 Å². The van der Waals surface area contributed by atoms with E-state index in [0.717, 1.165) is 12.5 Å². The molecule has 0 heterocycles. The van der Waals surface area contributed by atoms with E-state index in [4.69, 9.17) is 13.3 Å². The largest absolute Gasteiger partial charge is 0.500 e. The molecular formula is C16H36N2O5SSi. The number of nitrogens with zero attached hydrogens (tertiary/aromatic N) is 1. The normalized spacial score (nSPS) is 11.8. The van der Waals surface area contributed by atoms with Crippen molar-refractivity contribution < 1.29 is 22.9 Å². The first kappa shape index (κ1) is 26.6. The van der Waals surface area contributed by atoms with E-state index in [2.05, 4.69) is 22.2 Å². The second-order valence-corrected chi connectivity index (χ2v) is 9.60. The molecule has 0 spiro atoms. The van der Waals surface area contributed by atoms with Crippen LogP contribution in [0.25, 0.3) is 0 Å². The highest BCUT2D eigenvalue weighted by molar-refractivity contribution is 8.00. The molecule has 1 amide bonds. The summed E-state index contributed by atoms with van der Waals surface area (Å²) < 4.78 is 16.8. The Balaban J connectivity index is 0. The Hall–Kier alpha value is -0.613. The van der Waals surface area contributed by atoms with Crippen LogP contribution in [0.15, 0.2) is 5.16 Å². The molecule has 7 nitrogen and oxygen atoms in total. The zero-order valence-corrected chi connectivity index (χ0v) is 18.8. The van der Waals surface area contributed by atoms with Gasteiger partial charge in [0.15, 0.2) is 0 Å². The minimum atomic E-state index is -2.30. The van der Waals surface area contributed by atoms with Crippen LogP contribution in [0.1, 0.15) is 48.0 Å². The predicted molar refractivity (Wildman–Crippen MR) is 107 cm³/mol. The Morgan fingerprint density at radius 1 is 1.12 bits per heavy atom. The van der Waals surface area contributed by atoms with Crippen molar-refractivity contribution in [3.05, 3.63) is 0 Å². The van der Waals surface area contributed by atoms with Gasteiger partial charge in [-0.25, -0.2) is 4.79 Å². The highest BCUT2D eigenvalue weighted by Gasteiger charge is 2.38. The first-order valence-electron chi connectivity index (χ1n) is 8.66. The lowest BCUT2D eigenvalue weighted by Crippen LogP contribution is -2.45. The van der Waals surface area contributed by atoms with Gasteiger partial charge in [-0.2, -0.15) is 11.8 Å². The summed E-state index contributed by atoms with van der Waals surface area (Å²) in [6.45, 7) is 14.0. The van der Waals surface area contributed by atoms with Crippen molar-refractivity contribution >= 4 is 32.9 Å². The lowest BCUT2D eigenvalue weighted by molar-refractivity contribution is 0.0711. The summed E-state index contributed by atoms with van der Waals surface area (Å²) in [7, 11) is -0.812. The fourth-order valence-electron chi connectivity index (χ4n) is 1.61. The van der Waals surface area contributed by atoms with Gasteiger partial charge in [0.05, 0.1) is 6.21 Å². The van der Waals surface area contributed by atoms with Crippen molar-refractivity contribution in [1.29, 1.82) is 0 Å². The molecule has 0 saturated carbocycles. The summed E-state index contributed by atoms with van der Waals surface area (Å²) in [4.78, 5) is 15.0. The van der Waals surface area contributed by atoms with Crippen molar-refractivity contribution in [1.82, 2.24) is 5.32 Å². The summed E-state index contributed by atoms with van der Waals surface area (Å²) >= 11 is 1.63. The number of thioether (sulfide) groups is 1. The van der Waals surface area contributed by atoms with E-state index in [0.29, 0.717) is 19.8 Å². The number of carbonyl (C=O) groups excluding carboxylic acids is 1. The van der Waals surface area contributed by atoms with Crippen LogP contribution in [0.2, 0.25) is 6.04 Å². The van der Waals surface area contributed by atoms with E-state index in [9.17, 15) is 4.79 Å². The van der Waals surface area contributed by atoms with Crippen LogP contribution >= 0.6 is 11.8 Å². The summed E-state index contributed by atoms with van der Waals surface area (Å²) in [6, 6.07) is 0.919. The number of hydrogen-bond acceptors (Lipinski definition) is 7. The van der Waals surface area contributed by atoms with Gasteiger partial charge in [0.2, 0.25) is 0 Å². The summed E-state index contributed by atoms with van der Waals surface area (Å²) in [6.07, 6.45) is 4.05. The van der Waals surface area contributed by atoms with Gasteiger partial charge in [-0.15, -0.1) is 0 Å². The molecule has 0 atom stereocenters. The fourth-order valence-corrected chi connectivity index (χ4v) is 4.37. The molecule has 150 valence electrons. The molecule has 0 unspecified atom stereocenters. The van der Waals surface area contributed by atoms with E-state index >= 15 is 0 Å². The average Bonchev–Trinajstić information content (AvgIpc) is 2.56. The van der Waals surface area contributed by atoms with Gasteiger partial charge in [-0.3, -0.25) is 4.84 Å². The van der Waals surface area contributed by atoms with Crippen molar-refractivity contribution in [3.8, 4) is 0 Å². The molecule has 25 heavy (non-hydrogen) atoms. The smallest absolute Gasteiger partial charge is 0.374 e. The maximum atomic E-state index is 10.5. The van der Waals surface area contributed by atoms with Crippen LogP contribution in [0.3, 0.4) is 0 Å². The Morgan fingerprint density at radius 3 is 1.92 bits per heavy atom. The Bertz CT molecular complexity index is 341. The lowest BCUT2D eigenvalue weighted by atomic mass is 10.2. The predicted octanol–water partition coefficient (Wildman–Crippen LogP) is 3.91. The number of oxime groups is 1. The van der Waals surface area contributed by atoms with Gasteiger partial charge >= 0.3 is 14.9 Å². The van der Waals surface area contributed by atoms with Crippen molar-refractivity contribution in [3.63, 3.8) is 0 Å². The van der Waals surface area contributed by atoms with Gasteiger partial charge in [-0.05, 0) is 40.9 Å². The molecule has 0 aliphatic rings. The molecule has 0 saturated heterocycles. The van der Waals surface area contributed by atoms with E-state index < -0.39 is 14.9 Å². The summed E-state index contributed by atoms with van der Waals surface area (Å²) in [5.41, 5.74) is 0. The fraction of sp³-hybridized carbons (Fsp3) is 0.875. The van der Waals surface area contributed by atoms with E-state index in [1.807, 2.05) is 40.9 Å². The summed E-state index contributed by atoms with van der Waals surface area (Å²) in [5.74, 6) is 0. The van der Waals surface area contributed by atoms with Crippen LogP contribution in [0, 0.1) is 0 Å². The maximum Gasteiger partial charge on any atom is 0.500 e. The third-order valence-electron chi connectivity index (χ3n) is 2.88. The standard InChI is InChI=1S/C9H22O3Si.C7H14N2O2S/c1-5-9-13(10-6-2,11-7-3)12-8-4;1-7(2,12-4)5-9-11-6(10)8-3/h5-9H2,1-4H3;5H,1-4H3,(H,8,10)/b;9-5+. The second-order valence-electron chi connectivity index (χ2n) is 5.40. The summed E-state index contributed by atoms with van der Waals surface area (Å²) in [5, 5.41) is 5.81. The van der Waals surface area contributed by atoms with Gasteiger partial charge in [0.25, 0.3) is 0 Å². The molecule has 0 fully saturated rings. The van der Waals surface area contributed by atoms with E-state index in [1.54, 1.807) is 18.0 Å². The van der Waals surface area contributed by atoms with Crippen LogP contribution in [-0.4, -0.2) is 59.0 Å². The molecule has 0 aliphatic heterocycles. The Labute approximate surface area is 158 Å². The highest BCUT2D eigenvalue weighted by atomic mass is 32.2. The molecule has 0 aromatic carbocycles. The highest BCUT2D eigenvalue weighted by Crippen LogP contribution is 2.18. The molecule has 0 aromatic rings. The van der Waals surface area contributed by atoms with E-state index in [1.165, 1.54) is 7.05 Å². The molecule has 0 rings (SSSR count). The van der Waals surface area contributed by atoms with Crippen LogP contribution in [-0.2, 0) is 18.1 Å². The lowest BCUT2D eigenvalue weighted by Gasteiger charge is -2.27. The molecule has 0 aromatic heterocycles. The van der Waals surface area contributed by atoms with Crippen LogP contribution < -0.4 is 5.32 Å². The SMILES string of the molecule is CCC[Si](OCC)(OCC)OCC.CNC(=O)O/N=C/C(C)(C)SC. The number of nitrogens with one attached hydrogen (secondary N) is 1. The first-order valence-corrected chi connectivity index (χ1v) is 11.8. The Kier molecular flexibility index (Phi) is 16.6. The number of amides is 1. The van der Waals surface area contributed by atoms with E-state index in [-0.39, 0.29) is 4.75 Å². The first-order chi connectivity index (χ1) is 11.8. The molecule has 0 radical (unpaired) electrons. The number of hydrogen-bond donors (Lipinski definition) is 1. The van der Waals surface area contributed by atoms with Crippen molar-refractivity contribution in [2.75, 3.05) is 33.1 Å². The van der Waals surface area contributed by atoms with Crippen molar-refractivity contribution in [2.45, 2.75) is 58.8 Å². The molecule has 0 bridgehead atoms. The number of carbonyl (C=O) groups is 1. The van der Waals surface area contributed by atoms with Crippen LogP contribution in [0.4, 0.5) is 4.79 Å². The van der Waals surface area contributed by atoms with Gasteiger partial charge < -0.3 is 18.6 Å². The quantitative estimate of drug-likeness (QED) is 0.247. The van der Waals surface area contributed by atoms with Gasteiger partial charge in [-0.1, -0.05) is 18.5 Å². The molecule has 9 heteroatoms. The molecule has 0 aliphatic carbocycles. The number of rotatable bonds is 11. The Morgan fingerprint density at radius 2 is 1.60 bits per heavy atom. The minimum Gasteiger partial charge on any atom is -0.374 e. The third-order valence-corrected chi connectivity index (χ3v) is 7.33. The van der Waals surface area contributed by atoms with Gasteiger partial charge in [0.1, 0.15) is 0 Å². The third kappa shape index (κ3) is 14.3. The average molecular weight is 397 g/mol. The van der Waals surface area contributed by atoms with Gasteiger partial charge in [0, 0.05) is 37.7 Å². The zero-order chi connectivity index (χ0) is 19.8. The van der Waals surface area contributed by atoms with Crippen LogP contribution in [0.5, 0.6) is 0 Å². The van der Waals surface area contributed by atoms with Crippen molar-refractivity contribution in [2.24, 2.45) is 5.16 Å². The maximum absolute atomic E-state index is 10.5. The monoisotopic (exact) mass is 396 g/mol.